The van der Waals surface area contributed by atoms with Crippen molar-refractivity contribution in [3.05, 3.63) is 35.4 Å². The van der Waals surface area contributed by atoms with Gasteiger partial charge in [0.25, 0.3) is 0 Å². The molecule has 5 atom stereocenters. The zero-order valence-corrected chi connectivity index (χ0v) is 23.2. The number of rotatable bonds is 8. The molecule has 4 aliphatic rings. The summed E-state index contributed by atoms with van der Waals surface area (Å²) in [5, 5.41) is 3.19. The molecule has 3 aliphatic heterocycles. The summed E-state index contributed by atoms with van der Waals surface area (Å²) in [6.07, 6.45) is 7.94. The number of hydrogen-bond donors (Lipinski definition) is 1. The van der Waals surface area contributed by atoms with Gasteiger partial charge in [0.1, 0.15) is 18.3 Å². The highest BCUT2D eigenvalue weighted by Crippen LogP contribution is 2.41. The first-order valence-corrected chi connectivity index (χ1v) is 14.3. The summed E-state index contributed by atoms with van der Waals surface area (Å²) in [7, 11) is 0. The lowest BCUT2D eigenvalue weighted by molar-refractivity contribution is -0.223. The van der Waals surface area contributed by atoms with E-state index in [9.17, 15) is 4.79 Å². The number of amides is 1. The van der Waals surface area contributed by atoms with Crippen LogP contribution in [0.3, 0.4) is 0 Å². The van der Waals surface area contributed by atoms with Crippen LogP contribution in [0.15, 0.2) is 24.3 Å². The molecule has 37 heavy (non-hydrogen) atoms. The van der Waals surface area contributed by atoms with E-state index in [1.165, 1.54) is 50.5 Å². The van der Waals surface area contributed by atoms with Crippen LogP contribution in [0.5, 0.6) is 0 Å². The van der Waals surface area contributed by atoms with Gasteiger partial charge in [-0.3, -0.25) is 4.79 Å². The molecule has 0 aromatic heterocycles. The Labute approximate surface area is 221 Å². The normalized spacial score (nSPS) is 36.4. The maximum atomic E-state index is 13.2. The molecule has 5 rings (SSSR count). The summed E-state index contributed by atoms with van der Waals surface area (Å²) in [5.74, 6) is 0.0530. The quantitative estimate of drug-likeness (QED) is 0.513. The summed E-state index contributed by atoms with van der Waals surface area (Å²) in [5.41, 5.74) is 2.42. The van der Waals surface area contributed by atoms with Crippen LogP contribution < -0.4 is 5.32 Å². The van der Waals surface area contributed by atoms with Crippen LogP contribution in [0.4, 0.5) is 0 Å². The maximum Gasteiger partial charge on any atom is 0.224 e. The molecule has 1 N–H and O–H groups in total. The second kappa shape index (κ2) is 10.9. The number of ether oxygens (including phenoxy) is 5. The largest absolute Gasteiger partial charge is 0.348 e. The van der Waals surface area contributed by atoms with Crippen LogP contribution in [0.1, 0.15) is 96.6 Å². The Morgan fingerprint density at radius 1 is 0.946 bits per heavy atom. The Balaban J connectivity index is 1.18. The standard InChI is InChI=1S/C30H45NO6/c1-6-7-8-19-9-13-21(14-10-19)22-15-11-20(12-16-22)17-24(32)31-25-26(23-18-33-29(2,3)35-23)34-28-27(25)36-30(4,5)37-28/h11-12,15-16,19,21,23,25-28H,6-10,13-14,17-18H2,1-5H3,(H,31,32)/t19?,21?,23?,25-,26-,27-,28-/m1/s1. The van der Waals surface area contributed by atoms with Crippen molar-refractivity contribution in [3.8, 4) is 0 Å². The topological polar surface area (TPSA) is 75.3 Å². The van der Waals surface area contributed by atoms with Crippen molar-refractivity contribution in [2.45, 2.75) is 134 Å². The predicted octanol–water partition coefficient (Wildman–Crippen LogP) is 5.21. The summed E-state index contributed by atoms with van der Waals surface area (Å²) in [6.45, 7) is 10.2. The first-order valence-electron chi connectivity index (χ1n) is 14.3. The van der Waals surface area contributed by atoms with Crippen LogP contribution in [0, 0.1) is 5.92 Å². The van der Waals surface area contributed by atoms with Gasteiger partial charge in [-0.25, -0.2) is 0 Å². The van der Waals surface area contributed by atoms with E-state index in [0.29, 0.717) is 18.9 Å². The van der Waals surface area contributed by atoms with Gasteiger partial charge in [0.15, 0.2) is 17.9 Å². The number of hydrogen-bond acceptors (Lipinski definition) is 6. The van der Waals surface area contributed by atoms with Gasteiger partial charge in [0.2, 0.25) is 5.91 Å². The van der Waals surface area contributed by atoms with Crippen molar-refractivity contribution in [1.82, 2.24) is 5.32 Å². The van der Waals surface area contributed by atoms with Crippen molar-refractivity contribution in [2.75, 3.05) is 6.61 Å². The molecule has 1 unspecified atom stereocenters. The van der Waals surface area contributed by atoms with Crippen molar-refractivity contribution >= 4 is 5.91 Å². The van der Waals surface area contributed by atoms with Crippen LogP contribution >= 0.6 is 0 Å². The summed E-state index contributed by atoms with van der Waals surface area (Å²) < 4.78 is 30.1. The van der Waals surface area contributed by atoms with E-state index < -0.39 is 30.1 Å². The van der Waals surface area contributed by atoms with Crippen molar-refractivity contribution in [3.63, 3.8) is 0 Å². The molecule has 1 amide bonds. The molecule has 7 nitrogen and oxygen atoms in total. The highest BCUT2D eigenvalue weighted by atomic mass is 16.8. The number of carbonyl (C=O) groups excluding carboxylic acids is 1. The highest BCUT2D eigenvalue weighted by Gasteiger charge is 2.58. The van der Waals surface area contributed by atoms with Gasteiger partial charge in [0.05, 0.1) is 19.1 Å². The Morgan fingerprint density at radius 2 is 1.68 bits per heavy atom. The average Bonchev–Trinajstić information content (AvgIpc) is 3.47. The molecule has 206 valence electrons. The second-order valence-corrected chi connectivity index (χ2v) is 12.3. The maximum absolute atomic E-state index is 13.2. The zero-order chi connectivity index (χ0) is 26.2. The third-order valence-corrected chi connectivity index (χ3v) is 8.44. The van der Waals surface area contributed by atoms with Gasteiger partial charge < -0.3 is 29.0 Å². The lowest BCUT2D eigenvalue weighted by atomic mass is 9.77. The molecule has 1 aromatic rings. The van der Waals surface area contributed by atoms with E-state index in [1.54, 1.807) is 0 Å². The van der Waals surface area contributed by atoms with Gasteiger partial charge in [-0.1, -0.05) is 50.5 Å². The van der Waals surface area contributed by atoms with Gasteiger partial charge in [-0.05, 0) is 76.3 Å². The fourth-order valence-electron chi connectivity index (χ4n) is 6.50. The van der Waals surface area contributed by atoms with Gasteiger partial charge in [-0.2, -0.15) is 0 Å². The summed E-state index contributed by atoms with van der Waals surface area (Å²) in [6, 6.07) is 8.28. The molecular formula is C30H45NO6. The molecule has 1 aromatic carbocycles. The van der Waals surface area contributed by atoms with Crippen LogP contribution in [-0.4, -0.2) is 54.7 Å². The number of nitrogens with one attached hydrogen (secondary N) is 1. The Bertz CT molecular complexity index is 923. The van der Waals surface area contributed by atoms with Crippen molar-refractivity contribution < 1.29 is 28.5 Å². The number of fused-ring (bicyclic) bond motifs is 1. The SMILES string of the molecule is CCCCC1CCC(c2ccc(CC(=O)N[C@H]3[C@H]4OC(C)(C)O[C@H]4O[C@@H]3C3COC(C)(C)O3)cc2)CC1. The molecule has 0 spiro atoms. The molecule has 7 heteroatoms. The predicted molar refractivity (Wildman–Crippen MR) is 140 cm³/mol. The van der Waals surface area contributed by atoms with Gasteiger partial charge in [-0.15, -0.1) is 0 Å². The molecule has 0 bridgehead atoms. The number of carbonyl (C=O) groups is 1. The van der Waals surface area contributed by atoms with Gasteiger partial charge >= 0.3 is 0 Å². The zero-order valence-electron chi connectivity index (χ0n) is 23.2. The van der Waals surface area contributed by atoms with Crippen LogP contribution in [0.25, 0.3) is 0 Å². The molecule has 3 heterocycles. The van der Waals surface area contributed by atoms with E-state index in [-0.39, 0.29) is 18.1 Å². The molecule has 3 saturated heterocycles. The van der Waals surface area contributed by atoms with Crippen molar-refractivity contribution in [2.24, 2.45) is 5.92 Å². The van der Waals surface area contributed by atoms with Crippen LogP contribution in [0.2, 0.25) is 0 Å². The molecular weight excluding hydrogens is 470 g/mol. The monoisotopic (exact) mass is 515 g/mol. The van der Waals surface area contributed by atoms with E-state index in [0.717, 1.165) is 11.5 Å². The minimum atomic E-state index is -0.763. The molecule has 0 radical (unpaired) electrons. The summed E-state index contributed by atoms with van der Waals surface area (Å²) in [4.78, 5) is 13.2. The fourth-order valence-corrected chi connectivity index (χ4v) is 6.50. The fraction of sp³-hybridized carbons (Fsp3) is 0.767. The smallest absolute Gasteiger partial charge is 0.224 e. The highest BCUT2D eigenvalue weighted by molar-refractivity contribution is 5.79. The van der Waals surface area contributed by atoms with E-state index in [4.69, 9.17) is 23.7 Å². The first kappa shape index (κ1) is 27.1. The molecule has 1 saturated carbocycles. The van der Waals surface area contributed by atoms with E-state index in [1.807, 2.05) is 27.7 Å². The molecule has 4 fully saturated rings. The Morgan fingerprint density at radius 3 is 2.32 bits per heavy atom. The second-order valence-electron chi connectivity index (χ2n) is 12.3. The summed E-state index contributed by atoms with van der Waals surface area (Å²) >= 11 is 0. The first-order chi connectivity index (χ1) is 17.6. The van der Waals surface area contributed by atoms with Gasteiger partial charge in [0, 0.05) is 0 Å². The third-order valence-electron chi connectivity index (χ3n) is 8.44. The third kappa shape index (κ3) is 6.39. The number of unbranched alkanes of at least 4 members (excludes halogenated alkanes) is 1. The Hall–Kier alpha value is -1.51. The minimum Gasteiger partial charge on any atom is -0.348 e. The molecule has 1 aliphatic carbocycles. The minimum absolute atomic E-state index is 0.0603. The number of benzene rings is 1. The van der Waals surface area contributed by atoms with E-state index in [2.05, 4.69) is 36.5 Å². The average molecular weight is 516 g/mol. The van der Waals surface area contributed by atoms with Crippen molar-refractivity contribution in [1.29, 1.82) is 0 Å². The van der Waals surface area contributed by atoms with E-state index >= 15 is 0 Å². The Kier molecular flexibility index (Phi) is 8.00. The van der Waals surface area contributed by atoms with Crippen LogP contribution in [-0.2, 0) is 34.9 Å². The lowest BCUT2D eigenvalue weighted by Crippen LogP contribution is -2.52. The lowest BCUT2D eigenvalue weighted by Gasteiger charge is -2.29.